The number of amides is 2. The van der Waals surface area contributed by atoms with Crippen LogP contribution in [0.25, 0.3) is 0 Å². The number of carbonyl (C=O) groups is 2. The number of nitrogens with one attached hydrogen (secondary N) is 1. The molecule has 0 unspecified atom stereocenters. The van der Waals surface area contributed by atoms with Gasteiger partial charge in [-0.15, -0.1) is 0 Å². The van der Waals surface area contributed by atoms with E-state index in [-0.39, 0.29) is 5.91 Å². The van der Waals surface area contributed by atoms with Gasteiger partial charge in [0.05, 0.1) is 0 Å². The van der Waals surface area contributed by atoms with Gasteiger partial charge in [-0.3, -0.25) is 14.6 Å². The number of hydrogen-bond donors (Lipinski definition) is 1. The Labute approximate surface area is 125 Å². The lowest BCUT2D eigenvalue weighted by molar-refractivity contribution is -0.152. The van der Waals surface area contributed by atoms with E-state index in [9.17, 15) is 9.59 Å². The number of hydrogen-bond acceptors (Lipinski definition) is 4. The van der Waals surface area contributed by atoms with Crippen LogP contribution in [0, 0.1) is 0 Å². The molecule has 0 bridgehead atoms. The number of aromatic nitrogens is 1. The molecule has 1 aromatic rings. The lowest BCUT2D eigenvalue weighted by atomic mass is 10.2. The van der Waals surface area contributed by atoms with Crippen LogP contribution in [0.2, 0.25) is 0 Å². The lowest BCUT2D eigenvalue weighted by Gasteiger charge is -2.29. The van der Waals surface area contributed by atoms with E-state index in [0.717, 1.165) is 25.1 Å². The number of nitrogens with zero attached hydrogens (tertiary/aromatic N) is 3. The van der Waals surface area contributed by atoms with Gasteiger partial charge in [-0.2, -0.15) is 0 Å². The van der Waals surface area contributed by atoms with Crippen molar-refractivity contribution < 1.29 is 9.59 Å². The summed E-state index contributed by atoms with van der Waals surface area (Å²) in [5, 5.41) is 3.17. The predicted octanol–water partition coefficient (Wildman–Crippen LogP) is -0.0956. The van der Waals surface area contributed by atoms with Crippen LogP contribution in [0.5, 0.6) is 0 Å². The van der Waals surface area contributed by atoms with Gasteiger partial charge in [0.15, 0.2) is 0 Å². The quantitative estimate of drug-likeness (QED) is 0.787. The van der Waals surface area contributed by atoms with E-state index in [1.54, 1.807) is 22.2 Å². The third-order valence-electron chi connectivity index (χ3n) is 3.68. The second-order valence-corrected chi connectivity index (χ2v) is 5.03. The van der Waals surface area contributed by atoms with Crippen molar-refractivity contribution >= 4 is 11.8 Å². The van der Waals surface area contributed by atoms with E-state index < -0.39 is 5.91 Å². The van der Waals surface area contributed by atoms with Gasteiger partial charge in [0.2, 0.25) is 0 Å². The minimum absolute atomic E-state index is 0.381. The molecule has 0 aromatic carbocycles. The maximum atomic E-state index is 12.3. The first-order valence-corrected chi connectivity index (χ1v) is 7.40. The molecule has 0 atom stereocenters. The van der Waals surface area contributed by atoms with Crippen molar-refractivity contribution in [3.63, 3.8) is 0 Å². The summed E-state index contributed by atoms with van der Waals surface area (Å²) in [6.45, 7) is 5.71. The van der Waals surface area contributed by atoms with Crippen molar-refractivity contribution in [3.8, 4) is 0 Å². The highest BCUT2D eigenvalue weighted by molar-refractivity contribution is 6.34. The van der Waals surface area contributed by atoms with Crippen molar-refractivity contribution in [2.75, 3.05) is 39.3 Å². The zero-order chi connectivity index (χ0) is 15.1. The largest absolute Gasteiger partial charge is 0.334 e. The summed E-state index contributed by atoms with van der Waals surface area (Å²) >= 11 is 0. The molecule has 0 saturated carbocycles. The smallest absolute Gasteiger partial charge is 0.312 e. The van der Waals surface area contributed by atoms with Gasteiger partial charge in [-0.25, -0.2) is 0 Å². The molecule has 1 aliphatic rings. The SMILES string of the molecule is CCN(CCc1ccncc1)C(=O)C(=O)N1CCNCC1. The second-order valence-electron chi connectivity index (χ2n) is 5.03. The summed E-state index contributed by atoms with van der Waals surface area (Å²) in [6, 6.07) is 3.85. The average molecular weight is 290 g/mol. The molecule has 2 amide bonds. The molecule has 1 N–H and O–H groups in total. The number of rotatable bonds is 4. The van der Waals surface area contributed by atoms with Gasteiger partial charge in [0, 0.05) is 51.7 Å². The highest BCUT2D eigenvalue weighted by atomic mass is 16.2. The number of pyridine rings is 1. The molecule has 1 fully saturated rings. The normalized spacial score (nSPS) is 14.8. The Bertz CT molecular complexity index is 472. The Hall–Kier alpha value is -1.95. The second kappa shape index (κ2) is 7.73. The number of likely N-dealkylation sites (N-methyl/N-ethyl adjacent to an activating group) is 1. The van der Waals surface area contributed by atoms with Crippen LogP contribution in [0.4, 0.5) is 0 Å². The maximum absolute atomic E-state index is 12.3. The van der Waals surface area contributed by atoms with E-state index in [1.165, 1.54) is 0 Å². The zero-order valence-corrected chi connectivity index (χ0v) is 12.4. The summed E-state index contributed by atoms with van der Waals surface area (Å²) in [4.78, 5) is 31.7. The van der Waals surface area contributed by atoms with E-state index in [2.05, 4.69) is 10.3 Å². The highest BCUT2D eigenvalue weighted by Gasteiger charge is 2.26. The third-order valence-corrected chi connectivity index (χ3v) is 3.68. The van der Waals surface area contributed by atoms with E-state index in [0.29, 0.717) is 26.2 Å². The van der Waals surface area contributed by atoms with Crippen LogP contribution in [0.3, 0.4) is 0 Å². The standard InChI is InChI=1S/C15H22N4O2/c1-2-18(10-5-13-3-6-16-7-4-13)14(20)15(21)19-11-8-17-9-12-19/h3-4,6-7,17H,2,5,8-12H2,1H3. The molecule has 0 aliphatic carbocycles. The molecule has 1 saturated heterocycles. The Morgan fingerprint density at radius 2 is 1.95 bits per heavy atom. The summed E-state index contributed by atoms with van der Waals surface area (Å²) in [5.41, 5.74) is 1.12. The molecule has 21 heavy (non-hydrogen) atoms. The van der Waals surface area contributed by atoms with Gasteiger partial charge >= 0.3 is 11.8 Å². The Morgan fingerprint density at radius 1 is 1.29 bits per heavy atom. The molecular weight excluding hydrogens is 268 g/mol. The Kier molecular flexibility index (Phi) is 5.68. The fourth-order valence-electron chi connectivity index (χ4n) is 2.36. The molecule has 0 radical (unpaired) electrons. The fraction of sp³-hybridized carbons (Fsp3) is 0.533. The van der Waals surface area contributed by atoms with E-state index in [4.69, 9.17) is 0 Å². The first-order chi connectivity index (χ1) is 10.2. The van der Waals surface area contributed by atoms with Crippen LogP contribution in [0.1, 0.15) is 12.5 Å². The molecule has 6 nitrogen and oxygen atoms in total. The minimum atomic E-state index is -0.395. The van der Waals surface area contributed by atoms with Crippen LogP contribution in [0.15, 0.2) is 24.5 Å². The minimum Gasteiger partial charge on any atom is -0.334 e. The first-order valence-electron chi connectivity index (χ1n) is 7.40. The van der Waals surface area contributed by atoms with Gasteiger partial charge in [0.25, 0.3) is 0 Å². The molecule has 1 aromatic heterocycles. The molecule has 0 spiro atoms. The van der Waals surface area contributed by atoms with Crippen molar-refractivity contribution in [1.29, 1.82) is 0 Å². The van der Waals surface area contributed by atoms with Gasteiger partial charge in [-0.05, 0) is 31.0 Å². The number of piperazine rings is 1. The summed E-state index contributed by atoms with van der Waals surface area (Å²) < 4.78 is 0. The molecular formula is C15H22N4O2. The van der Waals surface area contributed by atoms with E-state index in [1.807, 2.05) is 19.1 Å². The Balaban J connectivity index is 1.90. The van der Waals surface area contributed by atoms with Crippen molar-refractivity contribution in [3.05, 3.63) is 30.1 Å². The van der Waals surface area contributed by atoms with Gasteiger partial charge < -0.3 is 15.1 Å². The fourth-order valence-corrected chi connectivity index (χ4v) is 2.36. The molecule has 2 heterocycles. The topological polar surface area (TPSA) is 65.5 Å². The van der Waals surface area contributed by atoms with Crippen LogP contribution in [-0.2, 0) is 16.0 Å². The molecule has 1 aliphatic heterocycles. The third kappa shape index (κ3) is 4.26. The molecule has 2 rings (SSSR count). The number of carbonyl (C=O) groups excluding carboxylic acids is 2. The van der Waals surface area contributed by atoms with Gasteiger partial charge in [-0.1, -0.05) is 0 Å². The first kappa shape index (κ1) is 15.4. The highest BCUT2D eigenvalue weighted by Crippen LogP contribution is 2.03. The van der Waals surface area contributed by atoms with Crippen molar-refractivity contribution in [2.45, 2.75) is 13.3 Å². The van der Waals surface area contributed by atoms with Crippen LogP contribution in [-0.4, -0.2) is 65.9 Å². The summed E-state index contributed by atoms with van der Waals surface area (Å²) in [5.74, 6) is -0.776. The Morgan fingerprint density at radius 3 is 2.57 bits per heavy atom. The monoisotopic (exact) mass is 290 g/mol. The van der Waals surface area contributed by atoms with Crippen LogP contribution >= 0.6 is 0 Å². The summed E-state index contributed by atoms with van der Waals surface area (Å²) in [7, 11) is 0. The van der Waals surface area contributed by atoms with E-state index >= 15 is 0 Å². The molecule has 6 heteroatoms. The predicted molar refractivity (Wildman–Crippen MR) is 79.6 cm³/mol. The lowest BCUT2D eigenvalue weighted by Crippen LogP contribution is -2.52. The molecule has 114 valence electrons. The van der Waals surface area contributed by atoms with Gasteiger partial charge in [0.1, 0.15) is 0 Å². The zero-order valence-electron chi connectivity index (χ0n) is 12.4. The summed E-state index contributed by atoms with van der Waals surface area (Å²) in [6.07, 6.45) is 4.20. The maximum Gasteiger partial charge on any atom is 0.312 e. The average Bonchev–Trinajstić information content (AvgIpc) is 2.56. The van der Waals surface area contributed by atoms with Crippen LogP contribution < -0.4 is 5.32 Å². The van der Waals surface area contributed by atoms with Crippen molar-refractivity contribution in [2.24, 2.45) is 0 Å². The van der Waals surface area contributed by atoms with Crippen molar-refractivity contribution in [1.82, 2.24) is 20.1 Å².